The van der Waals surface area contributed by atoms with Crippen LogP contribution in [0.2, 0.25) is 0 Å². The summed E-state index contributed by atoms with van der Waals surface area (Å²) in [6, 6.07) is 0. The van der Waals surface area contributed by atoms with Crippen molar-refractivity contribution in [3.05, 3.63) is 0 Å². The van der Waals surface area contributed by atoms with Crippen molar-refractivity contribution in [3.63, 3.8) is 0 Å². The highest BCUT2D eigenvalue weighted by atomic mass is 32.2. The van der Waals surface area contributed by atoms with E-state index in [0.29, 0.717) is 19.6 Å². The van der Waals surface area contributed by atoms with Gasteiger partial charge < -0.3 is 0 Å². The first-order valence-corrected chi connectivity index (χ1v) is 7.71. The molecule has 0 aromatic carbocycles. The second-order valence-electron chi connectivity index (χ2n) is 4.36. The van der Waals surface area contributed by atoms with E-state index in [1.165, 1.54) is 4.31 Å². The van der Waals surface area contributed by atoms with Crippen LogP contribution in [0.4, 0.5) is 0 Å². The van der Waals surface area contributed by atoms with E-state index in [9.17, 15) is 8.42 Å². The van der Waals surface area contributed by atoms with Crippen molar-refractivity contribution >= 4 is 10.2 Å². The fourth-order valence-electron chi connectivity index (χ4n) is 2.06. The quantitative estimate of drug-likeness (QED) is 0.700. The average molecular weight is 258 g/mol. The highest BCUT2D eigenvalue weighted by molar-refractivity contribution is 7.86. The van der Waals surface area contributed by atoms with Crippen molar-refractivity contribution in [3.8, 4) is 12.3 Å². The molecule has 1 rings (SSSR count). The van der Waals surface area contributed by atoms with E-state index in [1.807, 2.05) is 6.92 Å². The Hall–Kier alpha value is -0.570. The number of terminal acetylenes is 1. The summed E-state index contributed by atoms with van der Waals surface area (Å²) in [5.74, 6) is 2.43. The van der Waals surface area contributed by atoms with Crippen molar-refractivity contribution in [2.75, 3.05) is 26.2 Å². The zero-order valence-electron chi connectivity index (χ0n) is 10.6. The maximum atomic E-state index is 12.4. The van der Waals surface area contributed by atoms with E-state index in [1.54, 1.807) is 4.31 Å². The van der Waals surface area contributed by atoms with E-state index in [2.05, 4.69) is 5.92 Å². The Morgan fingerprint density at radius 3 is 2.29 bits per heavy atom. The van der Waals surface area contributed by atoms with Gasteiger partial charge in [0.25, 0.3) is 10.2 Å². The van der Waals surface area contributed by atoms with E-state index in [0.717, 1.165) is 32.1 Å². The third-order valence-corrected chi connectivity index (χ3v) is 4.94. The van der Waals surface area contributed by atoms with Gasteiger partial charge in [0, 0.05) is 19.6 Å². The molecular weight excluding hydrogens is 236 g/mol. The first kappa shape index (κ1) is 14.5. The lowest BCUT2D eigenvalue weighted by molar-refractivity contribution is 0.355. The van der Waals surface area contributed by atoms with E-state index >= 15 is 0 Å². The lowest BCUT2D eigenvalue weighted by Gasteiger charge is -2.27. The molecular formula is C12H22N2O2S. The normalized spacial score (nSPS) is 18.9. The SMILES string of the molecule is C#CCN(CCC)S(=O)(=O)N1CCCCCC1. The van der Waals surface area contributed by atoms with Crippen LogP contribution in [0.3, 0.4) is 0 Å². The lowest BCUT2D eigenvalue weighted by Crippen LogP contribution is -2.44. The molecule has 0 bridgehead atoms. The second kappa shape index (κ2) is 7.00. The van der Waals surface area contributed by atoms with Crippen LogP contribution in [0, 0.1) is 12.3 Å². The molecule has 0 atom stereocenters. The second-order valence-corrected chi connectivity index (χ2v) is 6.29. The molecule has 0 radical (unpaired) electrons. The molecule has 0 unspecified atom stereocenters. The highest BCUT2D eigenvalue weighted by Crippen LogP contribution is 2.16. The molecule has 98 valence electrons. The van der Waals surface area contributed by atoms with E-state index in [-0.39, 0.29) is 6.54 Å². The molecule has 0 aromatic heterocycles. The van der Waals surface area contributed by atoms with E-state index < -0.39 is 10.2 Å². The van der Waals surface area contributed by atoms with Crippen LogP contribution in [0.1, 0.15) is 39.0 Å². The minimum atomic E-state index is -3.35. The van der Waals surface area contributed by atoms with Gasteiger partial charge in [0.05, 0.1) is 6.54 Å². The Morgan fingerprint density at radius 1 is 1.24 bits per heavy atom. The number of hydrogen-bond donors (Lipinski definition) is 0. The van der Waals surface area contributed by atoms with Gasteiger partial charge in [-0.25, -0.2) is 0 Å². The molecule has 4 nitrogen and oxygen atoms in total. The predicted octanol–water partition coefficient (Wildman–Crippen LogP) is 1.45. The van der Waals surface area contributed by atoms with Crippen molar-refractivity contribution in [2.45, 2.75) is 39.0 Å². The monoisotopic (exact) mass is 258 g/mol. The predicted molar refractivity (Wildman–Crippen MR) is 69.7 cm³/mol. The lowest BCUT2D eigenvalue weighted by atomic mass is 10.2. The van der Waals surface area contributed by atoms with Crippen molar-refractivity contribution < 1.29 is 8.42 Å². The molecule has 0 N–H and O–H groups in total. The molecule has 0 aliphatic carbocycles. The molecule has 0 amide bonds. The van der Waals surface area contributed by atoms with Crippen LogP contribution in [0.5, 0.6) is 0 Å². The van der Waals surface area contributed by atoms with Crippen molar-refractivity contribution in [1.29, 1.82) is 0 Å². The minimum Gasteiger partial charge on any atom is -0.195 e. The van der Waals surface area contributed by atoms with Gasteiger partial charge in [-0.05, 0) is 19.3 Å². The molecule has 0 aromatic rings. The Kier molecular flexibility index (Phi) is 5.96. The summed E-state index contributed by atoms with van der Waals surface area (Å²) in [5.41, 5.74) is 0. The maximum absolute atomic E-state index is 12.4. The van der Waals surface area contributed by atoms with Gasteiger partial charge in [0.15, 0.2) is 0 Å². The largest absolute Gasteiger partial charge is 0.282 e. The van der Waals surface area contributed by atoms with Crippen LogP contribution in [-0.2, 0) is 10.2 Å². The summed E-state index contributed by atoms with van der Waals surface area (Å²) in [6.07, 6.45) is 10.2. The first-order chi connectivity index (χ1) is 8.12. The molecule has 1 heterocycles. The van der Waals surface area contributed by atoms with Crippen LogP contribution < -0.4 is 0 Å². The topological polar surface area (TPSA) is 40.6 Å². The summed E-state index contributed by atoms with van der Waals surface area (Å²) in [5, 5.41) is 0. The first-order valence-electron chi connectivity index (χ1n) is 6.31. The third-order valence-electron chi connectivity index (χ3n) is 2.96. The molecule has 1 aliphatic rings. The molecule has 1 aliphatic heterocycles. The zero-order chi connectivity index (χ0) is 12.7. The van der Waals surface area contributed by atoms with Gasteiger partial charge in [-0.15, -0.1) is 6.42 Å². The van der Waals surface area contributed by atoms with Crippen molar-refractivity contribution in [2.24, 2.45) is 0 Å². The molecule has 0 saturated carbocycles. The Labute approximate surface area is 105 Å². The highest BCUT2D eigenvalue weighted by Gasteiger charge is 2.28. The van der Waals surface area contributed by atoms with E-state index in [4.69, 9.17) is 6.42 Å². The summed E-state index contributed by atoms with van der Waals surface area (Å²) < 4.78 is 27.8. The molecule has 1 fully saturated rings. The summed E-state index contributed by atoms with van der Waals surface area (Å²) >= 11 is 0. The zero-order valence-corrected chi connectivity index (χ0v) is 11.4. The van der Waals surface area contributed by atoms with Gasteiger partial charge in [-0.1, -0.05) is 25.7 Å². The number of nitrogens with zero attached hydrogens (tertiary/aromatic N) is 2. The van der Waals surface area contributed by atoms with Crippen LogP contribution in [-0.4, -0.2) is 43.2 Å². The Balaban J connectivity index is 2.78. The summed E-state index contributed by atoms with van der Waals surface area (Å²) in [6.45, 7) is 3.90. The minimum absolute atomic E-state index is 0.173. The smallest absolute Gasteiger partial charge is 0.195 e. The Morgan fingerprint density at radius 2 is 1.82 bits per heavy atom. The van der Waals surface area contributed by atoms with Crippen molar-refractivity contribution in [1.82, 2.24) is 8.61 Å². The molecule has 5 heteroatoms. The molecule has 0 spiro atoms. The number of rotatable bonds is 5. The molecule has 17 heavy (non-hydrogen) atoms. The Bertz CT molecular complexity index is 351. The average Bonchev–Trinajstić information content (AvgIpc) is 2.57. The summed E-state index contributed by atoms with van der Waals surface area (Å²) in [4.78, 5) is 0. The maximum Gasteiger partial charge on any atom is 0.282 e. The third kappa shape index (κ3) is 3.98. The fourth-order valence-corrected chi connectivity index (χ4v) is 3.76. The summed E-state index contributed by atoms with van der Waals surface area (Å²) in [7, 11) is -3.35. The van der Waals surface area contributed by atoms with Crippen LogP contribution >= 0.6 is 0 Å². The standard InChI is InChI=1S/C12H22N2O2S/c1-3-9-13(10-4-2)17(15,16)14-11-7-5-6-8-12-14/h1H,4-12H2,2H3. The van der Waals surface area contributed by atoms with Gasteiger partial charge in [0.1, 0.15) is 0 Å². The number of hydrogen-bond acceptors (Lipinski definition) is 2. The molecule has 1 saturated heterocycles. The fraction of sp³-hybridized carbons (Fsp3) is 0.833. The van der Waals surface area contributed by atoms with Gasteiger partial charge in [0.2, 0.25) is 0 Å². The van der Waals surface area contributed by atoms with Crippen LogP contribution in [0.15, 0.2) is 0 Å². The van der Waals surface area contributed by atoms with Gasteiger partial charge >= 0.3 is 0 Å². The van der Waals surface area contributed by atoms with Crippen LogP contribution in [0.25, 0.3) is 0 Å². The van der Waals surface area contributed by atoms with Gasteiger partial charge in [-0.2, -0.15) is 17.0 Å². The van der Waals surface area contributed by atoms with Gasteiger partial charge in [-0.3, -0.25) is 0 Å².